The zero-order valence-corrected chi connectivity index (χ0v) is 29.6. The Morgan fingerprint density at radius 1 is 0.852 bits per heavy atom. The van der Waals surface area contributed by atoms with E-state index in [-0.39, 0.29) is 36.0 Å². The number of sulfone groups is 1. The number of nitrogens with one attached hydrogen (secondary N) is 1. The number of carbonyl (C=O) groups is 1. The molecule has 0 unspecified atom stereocenters. The molecule has 1 amide bonds. The van der Waals surface area contributed by atoms with Crippen molar-refractivity contribution >= 4 is 21.6 Å². The van der Waals surface area contributed by atoms with Crippen molar-refractivity contribution in [1.29, 1.82) is 0 Å². The van der Waals surface area contributed by atoms with Crippen molar-refractivity contribution in [1.82, 2.24) is 5.32 Å². The summed E-state index contributed by atoms with van der Waals surface area (Å²) >= 11 is 0. The van der Waals surface area contributed by atoms with Crippen LogP contribution in [0.5, 0.6) is 5.75 Å². The summed E-state index contributed by atoms with van der Waals surface area (Å²) in [5.41, 5.74) is -0.622. The lowest BCUT2D eigenvalue weighted by Gasteiger charge is -2.31. The third kappa shape index (κ3) is 8.80. The van der Waals surface area contributed by atoms with E-state index >= 15 is 0 Å². The van der Waals surface area contributed by atoms with Crippen molar-refractivity contribution in [3.05, 3.63) is 155 Å². The van der Waals surface area contributed by atoms with Gasteiger partial charge in [-0.3, -0.25) is 4.79 Å². The van der Waals surface area contributed by atoms with Crippen LogP contribution in [0.1, 0.15) is 41.2 Å². The van der Waals surface area contributed by atoms with E-state index in [0.717, 1.165) is 23.3 Å². The Kier molecular flexibility index (Phi) is 11.5. The standard InChI is InChI=1S/C41H36F4N2O6S/c42-34-25-28(24-33(26-34)41(43,44)45)27-46-39(49)40(20-23-54(50,51)36-10-5-2-6-11-36)37(31-14-12-30(13-15-31)29-8-3-1-4-9-29)53-38(47-40)32-16-18-35(19-17-32)52-22-7-21-48/h1-6,8-19,24-26,37,48H,7,20-23,27H2,(H,46,49)/t37-,40-/m1/s1. The van der Waals surface area contributed by atoms with Gasteiger partial charge < -0.3 is 19.9 Å². The molecule has 1 aliphatic rings. The number of carbonyl (C=O) groups excluding carboxylic acids is 1. The zero-order chi connectivity index (χ0) is 38.3. The second-order valence-corrected chi connectivity index (χ2v) is 14.8. The number of amides is 1. The average molecular weight is 761 g/mol. The van der Waals surface area contributed by atoms with Gasteiger partial charge in [-0.15, -0.1) is 0 Å². The fourth-order valence-corrected chi connectivity index (χ4v) is 7.53. The first-order valence-electron chi connectivity index (χ1n) is 17.1. The van der Waals surface area contributed by atoms with Crippen LogP contribution in [-0.4, -0.2) is 49.8 Å². The molecule has 2 N–H and O–H groups in total. The third-order valence-electron chi connectivity index (χ3n) is 8.94. The number of alkyl halides is 3. The van der Waals surface area contributed by atoms with Crippen molar-refractivity contribution in [2.75, 3.05) is 19.0 Å². The van der Waals surface area contributed by atoms with E-state index in [1.807, 2.05) is 42.5 Å². The highest BCUT2D eigenvalue weighted by Crippen LogP contribution is 2.44. The molecule has 0 spiro atoms. The highest BCUT2D eigenvalue weighted by Gasteiger charge is 2.53. The van der Waals surface area contributed by atoms with E-state index < -0.39 is 57.2 Å². The molecule has 8 nitrogen and oxygen atoms in total. The maximum atomic E-state index is 14.6. The third-order valence-corrected chi connectivity index (χ3v) is 10.7. The van der Waals surface area contributed by atoms with Crippen LogP contribution in [0, 0.1) is 5.82 Å². The van der Waals surface area contributed by atoms with E-state index in [2.05, 4.69) is 5.32 Å². The first-order valence-corrected chi connectivity index (χ1v) is 18.7. The summed E-state index contributed by atoms with van der Waals surface area (Å²) in [5.74, 6) is -1.99. The second-order valence-electron chi connectivity index (χ2n) is 12.7. The molecule has 0 fully saturated rings. The molecule has 2 atom stereocenters. The number of nitrogens with zero attached hydrogens (tertiary/aromatic N) is 1. The largest absolute Gasteiger partial charge is 0.494 e. The summed E-state index contributed by atoms with van der Waals surface area (Å²) in [6.45, 7) is -0.274. The van der Waals surface area contributed by atoms with Gasteiger partial charge in [-0.2, -0.15) is 13.2 Å². The molecule has 0 aromatic heterocycles. The maximum Gasteiger partial charge on any atom is 0.416 e. The summed E-state index contributed by atoms with van der Waals surface area (Å²) in [6, 6.07) is 33.0. The molecule has 54 heavy (non-hydrogen) atoms. The minimum absolute atomic E-state index is 0.0198. The highest BCUT2D eigenvalue weighted by atomic mass is 32.2. The van der Waals surface area contributed by atoms with Crippen LogP contribution in [0.4, 0.5) is 17.6 Å². The zero-order valence-electron chi connectivity index (χ0n) is 28.8. The van der Waals surface area contributed by atoms with E-state index in [4.69, 9.17) is 19.6 Å². The monoisotopic (exact) mass is 760 g/mol. The molecule has 280 valence electrons. The fourth-order valence-electron chi connectivity index (χ4n) is 6.14. The van der Waals surface area contributed by atoms with Gasteiger partial charge in [-0.1, -0.05) is 72.8 Å². The Morgan fingerprint density at radius 3 is 2.13 bits per heavy atom. The number of hydrogen-bond donors (Lipinski definition) is 2. The fraction of sp³-hybridized carbons (Fsp3) is 0.220. The van der Waals surface area contributed by atoms with Crippen LogP contribution >= 0.6 is 0 Å². The van der Waals surface area contributed by atoms with Gasteiger partial charge in [0.2, 0.25) is 5.90 Å². The van der Waals surface area contributed by atoms with E-state index in [9.17, 15) is 30.8 Å². The number of aliphatic hydroxyl groups excluding tert-OH is 1. The normalized spacial score (nSPS) is 17.1. The minimum Gasteiger partial charge on any atom is -0.494 e. The summed E-state index contributed by atoms with van der Waals surface area (Å²) in [4.78, 5) is 19.4. The number of halogens is 4. The molecule has 1 heterocycles. The van der Waals surface area contributed by atoms with Crippen molar-refractivity contribution in [3.8, 4) is 16.9 Å². The smallest absolute Gasteiger partial charge is 0.416 e. The van der Waals surface area contributed by atoms with Crippen LogP contribution in [0.15, 0.2) is 137 Å². The predicted molar refractivity (Wildman–Crippen MR) is 195 cm³/mol. The molecule has 5 aromatic rings. The van der Waals surface area contributed by atoms with Gasteiger partial charge in [0.1, 0.15) is 11.6 Å². The summed E-state index contributed by atoms with van der Waals surface area (Å²) in [7, 11) is -3.98. The lowest BCUT2D eigenvalue weighted by atomic mass is 9.84. The van der Waals surface area contributed by atoms with Crippen molar-refractivity contribution in [2.24, 2.45) is 4.99 Å². The maximum absolute atomic E-state index is 14.6. The Hall–Kier alpha value is -5.53. The summed E-state index contributed by atoms with van der Waals surface area (Å²) < 4.78 is 94.3. The number of aliphatic hydroxyl groups is 1. The molecule has 0 saturated carbocycles. The quantitative estimate of drug-likeness (QED) is 0.0886. The second kappa shape index (κ2) is 16.2. The van der Waals surface area contributed by atoms with Crippen LogP contribution in [-0.2, 0) is 32.1 Å². The van der Waals surface area contributed by atoms with Gasteiger partial charge in [0, 0.05) is 31.6 Å². The first-order chi connectivity index (χ1) is 25.9. The SMILES string of the molecule is O=C(NCc1cc(F)cc(C(F)(F)F)c1)[C@]1(CCS(=O)(=O)c2ccccc2)N=C(c2ccc(OCCCO)cc2)O[C@@H]1c1ccc(-c2ccccc2)cc1. The van der Waals surface area contributed by atoms with Gasteiger partial charge in [0.25, 0.3) is 5.91 Å². The topological polar surface area (TPSA) is 114 Å². The molecule has 5 aromatic carbocycles. The van der Waals surface area contributed by atoms with Gasteiger partial charge in [0.05, 0.1) is 22.8 Å². The molecular weight excluding hydrogens is 725 g/mol. The predicted octanol–water partition coefficient (Wildman–Crippen LogP) is 7.71. The molecule has 0 saturated heterocycles. The van der Waals surface area contributed by atoms with Gasteiger partial charge in [-0.05, 0) is 76.9 Å². The molecule has 6 rings (SSSR count). The molecule has 1 aliphatic heterocycles. The van der Waals surface area contributed by atoms with Crippen molar-refractivity contribution < 1.29 is 45.4 Å². The van der Waals surface area contributed by atoms with Crippen molar-refractivity contribution in [3.63, 3.8) is 0 Å². The average Bonchev–Trinajstić information content (AvgIpc) is 3.58. The molecular formula is C41H36F4N2O6S. The van der Waals surface area contributed by atoms with Crippen LogP contribution in [0.3, 0.4) is 0 Å². The minimum atomic E-state index is -4.83. The Bertz CT molecular complexity index is 2200. The van der Waals surface area contributed by atoms with E-state index in [1.54, 1.807) is 54.6 Å². The molecule has 13 heteroatoms. The molecule has 0 radical (unpaired) electrons. The van der Waals surface area contributed by atoms with Crippen molar-refractivity contribution in [2.45, 2.75) is 42.1 Å². The van der Waals surface area contributed by atoms with Gasteiger partial charge >= 0.3 is 6.18 Å². The lowest BCUT2D eigenvalue weighted by molar-refractivity contribution is -0.137. The van der Waals surface area contributed by atoms with Crippen LogP contribution < -0.4 is 10.1 Å². The van der Waals surface area contributed by atoms with Crippen LogP contribution in [0.2, 0.25) is 0 Å². The Labute approximate surface area is 310 Å². The van der Waals surface area contributed by atoms with Gasteiger partial charge in [0.15, 0.2) is 21.5 Å². The lowest BCUT2D eigenvalue weighted by Crippen LogP contribution is -2.49. The van der Waals surface area contributed by atoms with E-state index in [0.29, 0.717) is 29.4 Å². The number of rotatable bonds is 14. The first kappa shape index (κ1) is 38.2. The highest BCUT2D eigenvalue weighted by molar-refractivity contribution is 7.91. The molecule has 0 bridgehead atoms. The Morgan fingerprint density at radius 2 is 1.48 bits per heavy atom. The summed E-state index contributed by atoms with van der Waals surface area (Å²) in [6.07, 6.45) is -5.98. The number of ether oxygens (including phenoxy) is 2. The Balaban J connectivity index is 1.42. The van der Waals surface area contributed by atoms with Gasteiger partial charge in [-0.25, -0.2) is 17.8 Å². The number of benzene rings is 5. The number of hydrogen-bond acceptors (Lipinski definition) is 7. The number of aliphatic imine (C=N–C) groups is 1. The van der Waals surface area contributed by atoms with Crippen LogP contribution in [0.25, 0.3) is 11.1 Å². The molecule has 0 aliphatic carbocycles. The summed E-state index contributed by atoms with van der Waals surface area (Å²) in [5, 5.41) is 11.7. The van der Waals surface area contributed by atoms with E-state index in [1.165, 1.54) is 12.1 Å².